The summed E-state index contributed by atoms with van der Waals surface area (Å²) in [6.07, 6.45) is 0. The van der Waals surface area contributed by atoms with Gasteiger partial charge in [-0.2, -0.15) is 0 Å². The zero-order valence-corrected chi connectivity index (χ0v) is 18.7. The highest BCUT2D eigenvalue weighted by atomic mass is 32.2. The molecule has 0 aliphatic heterocycles. The monoisotopic (exact) mass is 468 g/mol. The molecule has 0 aliphatic rings. The number of carbonyl (C=O) groups excluding carboxylic acids is 1. The van der Waals surface area contributed by atoms with Crippen LogP contribution in [0.1, 0.15) is 6.92 Å². The third kappa shape index (κ3) is 4.98. The predicted octanol–water partition coefficient (Wildman–Crippen LogP) is 5.14. The van der Waals surface area contributed by atoms with Gasteiger partial charge in [-0.3, -0.25) is 4.72 Å². The number of urea groups is 1. The maximum absolute atomic E-state index is 12.5. The van der Waals surface area contributed by atoms with Gasteiger partial charge >= 0.3 is 6.03 Å². The minimum atomic E-state index is -3.73. The van der Waals surface area contributed by atoms with Gasteiger partial charge in [-0.15, -0.1) is 0 Å². The van der Waals surface area contributed by atoms with Crippen molar-refractivity contribution in [3.63, 3.8) is 0 Å². The van der Waals surface area contributed by atoms with E-state index in [1.54, 1.807) is 54.6 Å². The summed E-state index contributed by atoms with van der Waals surface area (Å²) in [5, 5.41) is 5.76. The number of amides is 2. The fourth-order valence-electron chi connectivity index (χ4n) is 2.96. The molecule has 4 rings (SSSR count). The number of para-hydroxylation sites is 2. The van der Waals surface area contributed by atoms with E-state index in [-0.39, 0.29) is 10.0 Å². The summed E-state index contributed by atoms with van der Waals surface area (Å²) in [6.45, 7) is 2.35. The first-order valence-electron chi connectivity index (χ1n) is 9.73. The van der Waals surface area contributed by atoms with E-state index in [0.717, 1.165) is 4.70 Å². The first-order valence-corrected chi connectivity index (χ1v) is 12.0. The van der Waals surface area contributed by atoms with Gasteiger partial charge in [-0.25, -0.2) is 18.2 Å². The molecular weight excluding hydrogens is 448 g/mol. The van der Waals surface area contributed by atoms with E-state index >= 15 is 0 Å². The second kappa shape index (κ2) is 9.25. The van der Waals surface area contributed by atoms with Crippen LogP contribution in [0.5, 0.6) is 5.75 Å². The molecule has 0 radical (unpaired) electrons. The number of nitrogens with one attached hydrogen (secondary N) is 3. The molecule has 4 aromatic rings. The van der Waals surface area contributed by atoms with Crippen molar-refractivity contribution >= 4 is 54.1 Å². The predicted molar refractivity (Wildman–Crippen MR) is 127 cm³/mol. The molecule has 10 heteroatoms. The van der Waals surface area contributed by atoms with Gasteiger partial charge in [0.05, 0.1) is 27.4 Å². The number of sulfonamides is 1. The maximum atomic E-state index is 12.5. The Labute approximate surface area is 189 Å². The lowest BCUT2D eigenvalue weighted by Crippen LogP contribution is -2.19. The zero-order valence-electron chi connectivity index (χ0n) is 17.0. The van der Waals surface area contributed by atoms with E-state index in [1.807, 2.05) is 13.0 Å². The van der Waals surface area contributed by atoms with Crippen LogP contribution in [-0.4, -0.2) is 26.0 Å². The number of aromatic nitrogens is 1. The smallest absolute Gasteiger partial charge is 0.323 e. The van der Waals surface area contributed by atoms with Gasteiger partial charge in [0.1, 0.15) is 5.75 Å². The molecule has 0 fully saturated rings. The Bertz CT molecular complexity index is 1350. The second-order valence-corrected chi connectivity index (χ2v) is 9.34. The van der Waals surface area contributed by atoms with E-state index in [2.05, 4.69) is 20.3 Å². The molecule has 2 amide bonds. The fourth-order valence-corrected chi connectivity index (χ4v) is 5.06. The minimum Gasteiger partial charge on any atom is -0.492 e. The highest BCUT2D eigenvalue weighted by Gasteiger charge is 2.16. The van der Waals surface area contributed by atoms with Gasteiger partial charge < -0.3 is 15.4 Å². The van der Waals surface area contributed by atoms with Crippen molar-refractivity contribution in [1.82, 2.24) is 4.98 Å². The van der Waals surface area contributed by atoms with Crippen molar-refractivity contribution in [1.29, 1.82) is 0 Å². The quantitative estimate of drug-likeness (QED) is 0.348. The number of hydrogen-bond acceptors (Lipinski definition) is 6. The Hall–Kier alpha value is -3.63. The molecule has 0 saturated heterocycles. The third-order valence-corrected chi connectivity index (χ3v) is 6.79. The van der Waals surface area contributed by atoms with E-state index in [9.17, 15) is 13.2 Å². The van der Waals surface area contributed by atoms with Crippen molar-refractivity contribution in [2.24, 2.45) is 0 Å². The Kier molecular flexibility index (Phi) is 6.24. The second-order valence-electron chi connectivity index (χ2n) is 6.63. The SMILES string of the molecule is CCOc1ccccc1NC(=O)Nc1ccc2sc(NS(=O)(=O)c3ccccc3)nc2c1. The van der Waals surface area contributed by atoms with Crippen molar-refractivity contribution in [3.8, 4) is 5.75 Å². The fraction of sp³-hybridized carbons (Fsp3) is 0.0909. The Morgan fingerprint density at radius 1 is 1.00 bits per heavy atom. The molecule has 1 heterocycles. The number of ether oxygens (including phenoxy) is 1. The topological polar surface area (TPSA) is 109 Å². The molecule has 0 spiro atoms. The van der Waals surface area contributed by atoms with Crippen LogP contribution in [-0.2, 0) is 10.0 Å². The molecule has 0 aliphatic carbocycles. The number of anilines is 3. The number of carbonyl (C=O) groups is 1. The van der Waals surface area contributed by atoms with E-state index < -0.39 is 16.1 Å². The number of nitrogens with zero attached hydrogens (tertiary/aromatic N) is 1. The summed E-state index contributed by atoms with van der Waals surface area (Å²) in [4.78, 5) is 16.9. The number of fused-ring (bicyclic) bond motifs is 1. The Balaban J connectivity index is 1.48. The van der Waals surface area contributed by atoms with Crippen LogP contribution in [0.4, 0.5) is 21.3 Å². The largest absolute Gasteiger partial charge is 0.492 e. The van der Waals surface area contributed by atoms with Crippen molar-refractivity contribution in [2.45, 2.75) is 11.8 Å². The van der Waals surface area contributed by atoms with Crippen LogP contribution in [0.3, 0.4) is 0 Å². The van der Waals surface area contributed by atoms with Crippen LogP contribution in [0.25, 0.3) is 10.2 Å². The normalized spacial score (nSPS) is 11.2. The highest BCUT2D eigenvalue weighted by molar-refractivity contribution is 7.93. The molecule has 1 aromatic heterocycles. The van der Waals surface area contributed by atoms with Crippen LogP contribution in [0.2, 0.25) is 0 Å². The van der Waals surface area contributed by atoms with Gasteiger partial charge in [0.2, 0.25) is 0 Å². The van der Waals surface area contributed by atoms with Gasteiger partial charge in [-0.05, 0) is 49.4 Å². The standard InChI is InChI=1S/C22H20N4O4S2/c1-2-30-19-11-7-6-10-17(19)24-21(27)23-15-12-13-20-18(14-15)25-22(31-20)26-32(28,29)16-8-4-3-5-9-16/h3-14H,2H2,1H3,(H,25,26)(H2,23,24,27). The summed E-state index contributed by atoms with van der Waals surface area (Å²) in [5.41, 5.74) is 1.64. The molecule has 0 unspecified atom stereocenters. The van der Waals surface area contributed by atoms with Crippen LogP contribution < -0.4 is 20.1 Å². The molecule has 0 atom stereocenters. The molecular formula is C22H20N4O4S2. The Morgan fingerprint density at radius 3 is 2.53 bits per heavy atom. The molecule has 3 aromatic carbocycles. The minimum absolute atomic E-state index is 0.158. The van der Waals surface area contributed by atoms with Crippen molar-refractivity contribution in [2.75, 3.05) is 22.0 Å². The average Bonchev–Trinajstić information content (AvgIpc) is 3.16. The molecule has 0 bridgehead atoms. The molecule has 164 valence electrons. The third-order valence-electron chi connectivity index (χ3n) is 4.36. The molecule has 32 heavy (non-hydrogen) atoms. The molecule has 0 saturated carbocycles. The first-order chi connectivity index (χ1) is 15.4. The van der Waals surface area contributed by atoms with Crippen molar-refractivity contribution in [3.05, 3.63) is 72.8 Å². The average molecular weight is 469 g/mol. The summed E-state index contributed by atoms with van der Waals surface area (Å²) in [7, 11) is -3.73. The van der Waals surface area contributed by atoms with Gasteiger partial charge in [0.25, 0.3) is 10.0 Å². The number of benzene rings is 3. The zero-order chi connectivity index (χ0) is 22.6. The van der Waals surface area contributed by atoms with Crippen molar-refractivity contribution < 1.29 is 17.9 Å². The lowest BCUT2D eigenvalue weighted by molar-refractivity contribution is 0.262. The van der Waals surface area contributed by atoms with Gasteiger partial charge in [0, 0.05) is 5.69 Å². The van der Waals surface area contributed by atoms with Gasteiger partial charge in [0.15, 0.2) is 5.13 Å². The molecule has 3 N–H and O–H groups in total. The van der Waals surface area contributed by atoms with Crippen LogP contribution >= 0.6 is 11.3 Å². The van der Waals surface area contributed by atoms with Crippen LogP contribution in [0, 0.1) is 0 Å². The lowest BCUT2D eigenvalue weighted by Gasteiger charge is -2.12. The van der Waals surface area contributed by atoms with E-state index in [4.69, 9.17) is 4.74 Å². The first kappa shape index (κ1) is 21.6. The summed E-state index contributed by atoms with van der Waals surface area (Å²) in [5.74, 6) is 0.579. The summed E-state index contributed by atoms with van der Waals surface area (Å²) >= 11 is 1.21. The van der Waals surface area contributed by atoms with E-state index in [1.165, 1.54) is 23.5 Å². The van der Waals surface area contributed by atoms with Gasteiger partial charge in [-0.1, -0.05) is 41.7 Å². The lowest BCUT2D eigenvalue weighted by atomic mass is 10.3. The maximum Gasteiger partial charge on any atom is 0.323 e. The van der Waals surface area contributed by atoms with Crippen LogP contribution in [0.15, 0.2) is 77.7 Å². The summed E-state index contributed by atoms with van der Waals surface area (Å²) in [6, 6.07) is 20.0. The number of thiazole rings is 1. The Morgan fingerprint density at radius 2 is 1.75 bits per heavy atom. The summed E-state index contributed by atoms with van der Waals surface area (Å²) < 4.78 is 33.8. The van der Waals surface area contributed by atoms with E-state index in [0.29, 0.717) is 29.2 Å². The highest BCUT2D eigenvalue weighted by Crippen LogP contribution is 2.30. The molecule has 8 nitrogen and oxygen atoms in total. The number of hydrogen-bond donors (Lipinski definition) is 3. The number of rotatable bonds is 7.